The van der Waals surface area contributed by atoms with Crippen molar-refractivity contribution in [2.45, 2.75) is 0 Å². The van der Waals surface area contributed by atoms with Gasteiger partial charge in [-0.15, -0.1) is 0 Å². The van der Waals surface area contributed by atoms with E-state index < -0.39 is 29.8 Å². The van der Waals surface area contributed by atoms with Crippen LogP contribution in [0.25, 0.3) is 0 Å². The van der Waals surface area contributed by atoms with Gasteiger partial charge in [0, 0.05) is 91.2 Å². The monoisotopic (exact) mass is 1450 g/mol. The first-order valence-electron chi connectivity index (χ1n) is 33.9. The van der Waals surface area contributed by atoms with Crippen molar-refractivity contribution in [2.75, 3.05) is 234 Å². The molecule has 1 aliphatic carbocycles. The van der Waals surface area contributed by atoms with Gasteiger partial charge in [-0.25, -0.2) is 24.0 Å². The number of benzene rings is 5. The van der Waals surface area contributed by atoms with E-state index >= 15 is 0 Å². The number of ether oxygens (including phenoxy) is 20. The Morgan fingerprint density at radius 3 is 0.419 bits per heavy atom. The molecule has 0 N–H and O–H groups in total. The van der Waals surface area contributed by atoms with Gasteiger partial charge in [-0.2, -0.15) is 0 Å². The summed E-state index contributed by atoms with van der Waals surface area (Å²) >= 11 is 0. The van der Waals surface area contributed by atoms with Crippen LogP contribution in [0, 0.1) is 59.2 Å². The largest absolute Gasteiger partial charge is 0.460 e. The molecule has 0 unspecified atom stereocenters. The van der Waals surface area contributed by atoms with E-state index in [1.54, 1.807) is 65.9 Å². The second-order valence-electron chi connectivity index (χ2n) is 22.0. The normalized spacial score (nSPS) is 11.1. The van der Waals surface area contributed by atoms with Gasteiger partial charge < -0.3 is 94.7 Å². The number of esters is 5. The molecule has 105 heavy (non-hydrogen) atoms. The van der Waals surface area contributed by atoms with Crippen LogP contribution in [-0.4, -0.2) is 264 Å². The summed E-state index contributed by atoms with van der Waals surface area (Å²) in [4.78, 5) is 69.7. The number of hydrogen-bond donors (Lipinski definition) is 0. The summed E-state index contributed by atoms with van der Waals surface area (Å²) in [6.07, 6.45) is 0. The minimum Gasteiger partial charge on any atom is -0.460 e. The lowest BCUT2D eigenvalue weighted by Gasteiger charge is -2.08. The van der Waals surface area contributed by atoms with Crippen LogP contribution in [0.3, 0.4) is 0 Å². The van der Waals surface area contributed by atoms with Crippen molar-refractivity contribution in [3.63, 3.8) is 0 Å². The molecule has 0 fully saturated rings. The maximum Gasteiger partial charge on any atom is 0.338 e. The van der Waals surface area contributed by atoms with Gasteiger partial charge in [0.1, 0.15) is 33.0 Å². The number of rotatable bonds is 50. The van der Waals surface area contributed by atoms with E-state index in [4.69, 9.17) is 94.7 Å². The van der Waals surface area contributed by atoms with E-state index in [0.29, 0.717) is 155 Å². The zero-order valence-electron chi connectivity index (χ0n) is 60.1. The van der Waals surface area contributed by atoms with E-state index in [1.165, 1.54) is 60.7 Å². The van der Waals surface area contributed by atoms with E-state index in [-0.39, 0.29) is 127 Å². The van der Waals surface area contributed by atoms with E-state index in [2.05, 4.69) is 59.2 Å². The van der Waals surface area contributed by atoms with Crippen LogP contribution in [0.1, 0.15) is 107 Å². The smallest absolute Gasteiger partial charge is 0.338 e. The fourth-order valence-electron chi connectivity index (χ4n) is 8.87. The van der Waals surface area contributed by atoms with Crippen LogP contribution in [0.15, 0.2) is 91.0 Å². The number of hydrogen-bond acceptors (Lipinski definition) is 25. The molecule has 0 aliphatic heterocycles. The highest BCUT2D eigenvalue weighted by molar-refractivity contribution is 5.93. The van der Waals surface area contributed by atoms with E-state index in [0.717, 1.165) is 0 Å². The maximum absolute atomic E-state index is 13.9. The topological polar surface area (TPSA) is 270 Å². The molecular weight excluding hydrogens is 1360 g/mol. The molecule has 0 amide bonds. The predicted octanol–water partition coefficient (Wildman–Crippen LogP) is 6.18. The zero-order valence-corrected chi connectivity index (χ0v) is 60.1. The van der Waals surface area contributed by atoms with Crippen molar-refractivity contribution in [3.05, 3.63) is 174 Å². The number of carbonyl (C=O) groups excluding carboxylic acids is 5. The van der Waals surface area contributed by atoms with Crippen molar-refractivity contribution in [2.24, 2.45) is 0 Å². The molecule has 0 radical (unpaired) electrons. The van der Waals surface area contributed by atoms with Crippen LogP contribution in [-0.2, 0) is 94.7 Å². The SMILES string of the molecule is COCCOCCOCCOC(=O)c1cc2cc(c1)C#Cc1cc(cc(C(=O)OCCOCCOCCOC)c1)C#Cc1cc(cc(C(=O)OCCOCCOCCOC)c1)C#Cc1cc(cc(C(=O)OCCOCCOCCOC)c1)C#Cc1cc(cc(C(=O)OCCOCCOCCOC)c1)C#C2. The summed E-state index contributed by atoms with van der Waals surface area (Å²) in [5.41, 5.74) is 3.59. The highest BCUT2D eigenvalue weighted by Crippen LogP contribution is 2.19. The summed E-state index contributed by atoms with van der Waals surface area (Å²) in [5, 5.41) is 0. The van der Waals surface area contributed by atoms with Gasteiger partial charge in [0.25, 0.3) is 0 Å². The molecular formula is C80H90O25. The molecule has 0 atom stereocenters. The van der Waals surface area contributed by atoms with Gasteiger partial charge in [-0.3, -0.25) is 0 Å². The fourth-order valence-corrected chi connectivity index (χ4v) is 8.87. The Hall–Kier alpha value is -9.35. The zero-order chi connectivity index (χ0) is 74.6. The first-order valence-corrected chi connectivity index (χ1v) is 33.9. The van der Waals surface area contributed by atoms with Crippen molar-refractivity contribution in [3.8, 4) is 59.2 Å². The van der Waals surface area contributed by atoms with Gasteiger partial charge in [0.2, 0.25) is 0 Å². The van der Waals surface area contributed by atoms with Crippen LogP contribution >= 0.6 is 0 Å². The predicted molar refractivity (Wildman–Crippen MR) is 381 cm³/mol. The summed E-state index contributed by atoms with van der Waals surface area (Å²) in [6, 6.07) is 23.6. The van der Waals surface area contributed by atoms with Gasteiger partial charge in [0.15, 0.2) is 0 Å². The lowest BCUT2D eigenvalue weighted by atomic mass is 10.0. The lowest BCUT2D eigenvalue weighted by Crippen LogP contribution is -2.14. The fraction of sp³-hybridized carbons (Fsp3) is 0.438. The third-order valence-corrected chi connectivity index (χ3v) is 13.9. The Labute approximate surface area is 613 Å². The average molecular weight is 1450 g/mol. The van der Waals surface area contributed by atoms with Crippen molar-refractivity contribution in [1.82, 2.24) is 0 Å². The Bertz CT molecular complexity index is 3150. The Balaban J connectivity index is 1.48. The minimum absolute atomic E-state index is 0.0765. The molecule has 25 nitrogen and oxygen atoms in total. The molecule has 10 bridgehead atoms. The average Bonchev–Trinajstić information content (AvgIpc) is 0.950. The molecule has 0 spiro atoms. The molecule has 0 saturated heterocycles. The quantitative estimate of drug-likeness (QED) is 0.0178. The Morgan fingerprint density at radius 1 is 0.181 bits per heavy atom. The molecule has 6 rings (SSSR count). The summed E-state index contributed by atoms with van der Waals surface area (Å²) in [6.45, 7) is 6.88. The maximum atomic E-state index is 13.9. The molecule has 0 aromatic heterocycles. The number of carbonyl (C=O) groups is 5. The van der Waals surface area contributed by atoms with Crippen LogP contribution in [0.5, 0.6) is 0 Å². The highest BCUT2D eigenvalue weighted by atomic mass is 16.6. The van der Waals surface area contributed by atoms with Crippen molar-refractivity contribution < 1.29 is 119 Å². The molecule has 0 heterocycles. The second-order valence-corrected chi connectivity index (χ2v) is 22.0. The van der Waals surface area contributed by atoms with E-state index in [9.17, 15) is 24.0 Å². The molecule has 5 aromatic rings. The molecule has 1 aliphatic rings. The van der Waals surface area contributed by atoms with Crippen molar-refractivity contribution in [1.29, 1.82) is 0 Å². The van der Waals surface area contributed by atoms with Crippen molar-refractivity contribution >= 4 is 29.8 Å². The van der Waals surface area contributed by atoms with Gasteiger partial charge in [-0.1, -0.05) is 59.2 Å². The minimum atomic E-state index is -0.707. The Morgan fingerprint density at radius 2 is 0.295 bits per heavy atom. The summed E-state index contributed by atoms with van der Waals surface area (Å²) in [5.74, 6) is 27.8. The Kier molecular flexibility index (Phi) is 42.4. The third kappa shape index (κ3) is 35.8. The highest BCUT2D eigenvalue weighted by Gasteiger charge is 2.17. The van der Waals surface area contributed by atoms with Crippen LogP contribution in [0.2, 0.25) is 0 Å². The standard InChI is InChI=1S/C80H90O25/c1-86-16-21-91-26-31-96-36-41-101-76(81)71-51-61-6-8-63-47-65(55-72(53-63)77(82)102-42-37-97-32-27-92-22-17-87-2)10-12-67-49-69(59-74(57-67)79(84)104-44-39-99-34-29-94-24-19-89-4)14-15-70-50-68(58-75(60-70)80(85)105-45-40-100-35-30-95-25-20-90-5)13-11-66-48-64(9-7-62(46-61)52-71)54-73(56-66)78(83)103-43-38-98-33-28-93-23-18-88-3/h46-60H,16-45H2,1-5H3. The summed E-state index contributed by atoms with van der Waals surface area (Å²) < 4.78 is 109. The summed E-state index contributed by atoms with van der Waals surface area (Å²) in [7, 11) is 7.89. The molecule has 25 heteroatoms. The lowest BCUT2D eigenvalue weighted by molar-refractivity contribution is 0.00552. The van der Waals surface area contributed by atoms with Crippen LogP contribution < -0.4 is 0 Å². The first kappa shape index (κ1) is 84.6. The number of methoxy groups -OCH3 is 5. The third-order valence-electron chi connectivity index (χ3n) is 13.9. The first-order chi connectivity index (χ1) is 51.5. The molecule has 5 aromatic carbocycles. The van der Waals surface area contributed by atoms with Crippen LogP contribution in [0.4, 0.5) is 0 Å². The van der Waals surface area contributed by atoms with Gasteiger partial charge in [0.05, 0.1) is 193 Å². The number of fused-ring (bicyclic) bond motifs is 10. The van der Waals surface area contributed by atoms with Gasteiger partial charge in [-0.05, 0) is 91.0 Å². The second kappa shape index (κ2) is 52.6. The molecule has 560 valence electrons. The van der Waals surface area contributed by atoms with E-state index in [1.807, 2.05) is 0 Å². The molecule has 0 saturated carbocycles. The van der Waals surface area contributed by atoms with Gasteiger partial charge >= 0.3 is 29.8 Å².